The van der Waals surface area contributed by atoms with Gasteiger partial charge in [-0.2, -0.15) is 5.10 Å². The van der Waals surface area contributed by atoms with Crippen LogP contribution in [0.4, 0.5) is 0 Å². The number of amides is 1. The monoisotopic (exact) mass is 318 g/mol. The van der Waals surface area contributed by atoms with Crippen molar-refractivity contribution in [1.82, 2.24) is 5.43 Å². The van der Waals surface area contributed by atoms with E-state index in [9.17, 15) is 9.90 Å². The van der Waals surface area contributed by atoms with Crippen LogP contribution >= 0.6 is 0 Å². The number of hydrazone groups is 1. The number of fused-ring (bicyclic) bond motifs is 1. The number of nitrogens with zero attached hydrogens (tertiary/aromatic N) is 1. The number of carbonyl (C=O) groups excluding carboxylic acids is 1. The van der Waals surface area contributed by atoms with Gasteiger partial charge in [-0.1, -0.05) is 48.0 Å². The van der Waals surface area contributed by atoms with Gasteiger partial charge in [-0.05, 0) is 47.9 Å². The van der Waals surface area contributed by atoms with E-state index in [2.05, 4.69) is 16.6 Å². The van der Waals surface area contributed by atoms with E-state index < -0.39 is 5.91 Å². The molecule has 0 unspecified atom stereocenters. The fourth-order valence-corrected chi connectivity index (χ4v) is 2.60. The number of benzene rings is 3. The van der Waals surface area contributed by atoms with E-state index in [-0.39, 0.29) is 11.3 Å². The molecule has 0 heterocycles. The predicted molar refractivity (Wildman–Crippen MR) is 96.6 cm³/mol. The number of nitrogens with one attached hydrogen (secondary N) is 1. The lowest BCUT2D eigenvalue weighted by Crippen LogP contribution is -2.17. The average Bonchev–Trinajstić information content (AvgIpc) is 2.56. The molecule has 3 aromatic carbocycles. The number of hydrogen-bond donors (Lipinski definition) is 2. The van der Waals surface area contributed by atoms with Crippen LogP contribution in [0, 0.1) is 13.8 Å². The summed E-state index contributed by atoms with van der Waals surface area (Å²) >= 11 is 0. The van der Waals surface area contributed by atoms with E-state index in [1.54, 1.807) is 18.3 Å². The van der Waals surface area contributed by atoms with Crippen molar-refractivity contribution in [3.05, 3.63) is 76.9 Å². The van der Waals surface area contributed by atoms with E-state index in [1.165, 1.54) is 5.56 Å². The molecule has 0 bridgehead atoms. The molecule has 0 saturated carbocycles. The van der Waals surface area contributed by atoms with Crippen molar-refractivity contribution in [2.24, 2.45) is 5.10 Å². The van der Waals surface area contributed by atoms with Crippen molar-refractivity contribution < 1.29 is 9.90 Å². The fourth-order valence-electron chi connectivity index (χ4n) is 2.60. The molecular weight excluding hydrogens is 300 g/mol. The quantitative estimate of drug-likeness (QED) is 0.568. The molecule has 0 fully saturated rings. The smallest absolute Gasteiger partial charge is 0.275 e. The molecule has 24 heavy (non-hydrogen) atoms. The van der Waals surface area contributed by atoms with Gasteiger partial charge in [-0.15, -0.1) is 0 Å². The number of phenolic OH excluding ortho intramolecular Hbond substituents is 1. The third-order valence-electron chi connectivity index (χ3n) is 3.90. The Morgan fingerprint density at radius 1 is 1.04 bits per heavy atom. The van der Waals surface area contributed by atoms with Gasteiger partial charge in [0, 0.05) is 0 Å². The molecule has 0 aliphatic rings. The van der Waals surface area contributed by atoms with Crippen molar-refractivity contribution in [1.29, 1.82) is 0 Å². The lowest BCUT2D eigenvalue weighted by molar-refractivity contribution is 0.0952. The summed E-state index contributed by atoms with van der Waals surface area (Å²) in [5.41, 5.74) is 5.86. The zero-order chi connectivity index (χ0) is 17.1. The second-order valence-corrected chi connectivity index (χ2v) is 5.78. The first kappa shape index (κ1) is 15.7. The van der Waals surface area contributed by atoms with Crippen molar-refractivity contribution in [3.63, 3.8) is 0 Å². The molecule has 3 rings (SSSR count). The molecule has 3 aromatic rings. The van der Waals surface area contributed by atoms with Gasteiger partial charge in [0.05, 0.1) is 11.8 Å². The minimum Gasteiger partial charge on any atom is -0.507 e. The van der Waals surface area contributed by atoms with Crippen LogP contribution in [0.2, 0.25) is 0 Å². The van der Waals surface area contributed by atoms with Gasteiger partial charge in [0.25, 0.3) is 5.91 Å². The Morgan fingerprint density at radius 3 is 2.46 bits per heavy atom. The molecule has 0 aliphatic heterocycles. The summed E-state index contributed by atoms with van der Waals surface area (Å²) in [6.07, 6.45) is 1.60. The number of phenols is 1. The van der Waals surface area contributed by atoms with Crippen LogP contribution in [0.5, 0.6) is 5.75 Å². The summed E-state index contributed by atoms with van der Waals surface area (Å²) in [5, 5.41) is 15.8. The summed E-state index contributed by atoms with van der Waals surface area (Å²) < 4.78 is 0. The zero-order valence-corrected chi connectivity index (χ0v) is 13.6. The van der Waals surface area contributed by atoms with Crippen LogP contribution in [0.1, 0.15) is 27.0 Å². The first-order valence-corrected chi connectivity index (χ1v) is 7.67. The van der Waals surface area contributed by atoms with Crippen LogP contribution in [-0.2, 0) is 0 Å². The van der Waals surface area contributed by atoms with E-state index >= 15 is 0 Å². The highest BCUT2D eigenvalue weighted by Gasteiger charge is 2.11. The van der Waals surface area contributed by atoms with E-state index in [0.29, 0.717) is 0 Å². The highest BCUT2D eigenvalue weighted by Crippen LogP contribution is 2.24. The highest BCUT2D eigenvalue weighted by molar-refractivity contribution is 6.01. The second kappa shape index (κ2) is 6.54. The van der Waals surface area contributed by atoms with Gasteiger partial charge in [-0.25, -0.2) is 5.43 Å². The molecule has 2 N–H and O–H groups in total. The molecule has 0 atom stereocenters. The number of hydrogen-bond acceptors (Lipinski definition) is 3. The topological polar surface area (TPSA) is 61.7 Å². The molecule has 0 spiro atoms. The Bertz CT molecular complexity index is 946. The van der Waals surface area contributed by atoms with Crippen molar-refractivity contribution >= 4 is 22.9 Å². The SMILES string of the molecule is Cc1ccc(C=NNC(=O)c2cc3ccccc3cc2O)c(C)c1. The summed E-state index contributed by atoms with van der Waals surface area (Å²) in [5.74, 6) is -0.507. The molecule has 0 aromatic heterocycles. The van der Waals surface area contributed by atoms with Gasteiger partial charge >= 0.3 is 0 Å². The van der Waals surface area contributed by atoms with Crippen LogP contribution in [0.3, 0.4) is 0 Å². The third kappa shape index (κ3) is 3.27. The lowest BCUT2D eigenvalue weighted by atomic mass is 10.1. The van der Waals surface area contributed by atoms with E-state index in [4.69, 9.17) is 0 Å². The van der Waals surface area contributed by atoms with Crippen molar-refractivity contribution in [2.75, 3.05) is 0 Å². The Kier molecular flexibility index (Phi) is 4.29. The van der Waals surface area contributed by atoms with Crippen LogP contribution in [0.15, 0.2) is 59.7 Å². The van der Waals surface area contributed by atoms with Gasteiger partial charge in [0.1, 0.15) is 5.75 Å². The molecule has 0 aliphatic carbocycles. The number of aromatic hydroxyl groups is 1. The summed E-state index contributed by atoms with van der Waals surface area (Å²) in [7, 11) is 0. The van der Waals surface area contributed by atoms with Crippen LogP contribution in [-0.4, -0.2) is 17.2 Å². The predicted octanol–water partition coefficient (Wildman–Crippen LogP) is 3.93. The van der Waals surface area contributed by atoms with Crippen molar-refractivity contribution in [2.45, 2.75) is 13.8 Å². The van der Waals surface area contributed by atoms with Gasteiger partial charge in [-0.3, -0.25) is 4.79 Å². The van der Waals surface area contributed by atoms with Gasteiger partial charge < -0.3 is 5.11 Å². The lowest BCUT2D eigenvalue weighted by Gasteiger charge is -2.06. The molecule has 0 radical (unpaired) electrons. The maximum absolute atomic E-state index is 12.3. The summed E-state index contributed by atoms with van der Waals surface area (Å²) in [4.78, 5) is 12.3. The summed E-state index contributed by atoms with van der Waals surface area (Å²) in [6.45, 7) is 4.02. The molecule has 4 heteroatoms. The maximum atomic E-state index is 12.3. The Morgan fingerprint density at radius 2 is 1.75 bits per heavy atom. The fraction of sp³-hybridized carbons (Fsp3) is 0.100. The molecule has 1 amide bonds. The van der Waals surface area contributed by atoms with E-state index in [0.717, 1.165) is 21.9 Å². The van der Waals surface area contributed by atoms with Gasteiger partial charge in [0.15, 0.2) is 0 Å². The normalized spacial score (nSPS) is 11.1. The largest absolute Gasteiger partial charge is 0.507 e. The standard InChI is InChI=1S/C20H18N2O2/c1-13-7-8-17(14(2)9-13)12-21-22-20(24)18-10-15-5-3-4-6-16(15)11-19(18)23/h3-12,23H,1-2H3,(H,22,24). The minimum absolute atomic E-state index is 0.0621. The first-order chi connectivity index (χ1) is 11.5. The molecule has 4 nitrogen and oxygen atoms in total. The zero-order valence-electron chi connectivity index (χ0n) is 13.6. The van der Waals surface area contributed by atoms with Gasteiger partial charge in [0.2, 0.25) is 0 Å². The number of carbonyl (C=O) groups is 1. The highest BCUT2D eigenvalue weighted by atomic mass is 16.3. The Balaban J connectivity index is 1.80. The molecule has 120 valence electrons. The molecular formula is C20H18N2O2. The van der Waals surface area contributed by atoms with E-state index in [1.807, 2.05) is 50.2 Å². The maximum Gasteiger partial charge on any atom is 0.275 e. The van der Waals surface area contributed by atoms with Crippen LogP contribution in [0.25, 0.3) is 10.8 Å². The van der Waals surface area contributed by atoms with Crippen LogP contribution < -0.4 is 5.43 Å². The number of rotatable bonds is 3. The second-order valence-electron chi connectivity index (χ2n) is 5.78. The Labute approximate surface area is 140 Å². The molecule has 0 saturated heterocycles. The third-order valence-corrected chi connectivity index (χ3v) is 3.90. The Hall–Kier alpha value is -3.14. The average molecular weight is 318 g/mol. The van der Waals surface area contributed by atoms with Crippen molar-refractivity contribution in [3.8, 4) is 5.75 Å². The number of aryl methyl sites for hydroxylation is 2. The minimum atomic E-state index is -0.445. The first-order valence-electron chi connectivity index (χ1n) is 7.67. The summed E-state index contributed by atoms with van der Waals surface area (Å²) in [6, 6.07) is 16.8.